The van der Waals surface area contributed by atoms with Gasteiger partial charge in [-0.25, -0.2) is 22.9 Å². The second-order valence-corrected chi connectivity index (χ2v) is 9.74. The average Bonchev–Trinajstić information content (AvgIpc) is 2.89. The van der Waals surface area contributed by atoms with Gasteiger partial charge in [0.1, 0.15) is 0 Å². The maximum Gasteiger partial charge on any atom is 0.420 e. The SMILES string of the molecule is NCC(=O)NC(=O)Oc1ccc(C(=O)NS(=O)(=O)c2ccc(CCNC(=O)c3ccc(Cl)cc3)cc2)cn1. The van der Waals surface area contributed by atoms with Crippen molar-refractivity contribution in [2.24, 2.45) is 5.73 Å². The molecule has 3 aromatic rings. The lowest BCUT2D eigenvalue weighted by molar-refractivity contribution is -0.118. The molecule has 198 valence electrons. The minimum Gasteiger partial charge on any atom is -0.391 e. The van der Waals surface area contributed by atoms with Crippen molar-refractivity contribution in [2.45, 2.75) is 11.3 Å². The lowest BCUT2D eigenvalue weighted by atomic mass is 10.1. The molecule has 0 bridgehead atoms. The van der Waals surface area contributed by atoms with Crippen LogP contribution in [0.4, 0.5) is 4.79 Å². The van der Waals surface area contributed by atoms with Gasteiger partial charge in [-0.2, -0.15) is 0 Å². The molecule has 0 saturated carbocycles. The van der Waals surface area contributed by atoms with Crippen molar-refractivity contribution in [2.75, 3.05) is 13.1 Å². The zero-order valence-corrected chi connectivity index (χ0v) is 21.2. The van der Waals surface area contributed by atoms with Crippen molar-refractivity contribution in [1.82, 2.24) is 20.3 Å². The van der Waals surface area contributed by atoms with Crippen LogP contribution < -0.4 is 25.8 Å². The van der Waals surface area contributed by atoms with Gasteiger partial charge in [0.25, 0.3) is 21.8 Å². The Balaban J connectivity index is 1.52. The molecule has 0 aliphatic heterocycles. The second-order valence-electron chi connectivity index (χ2n) is 7.62. The molecule has 0 atom stereocenters. The molecule has 0 fully saturated rings. The topological polar surface area (TPSA) is 187 Å². The molecule has 0 aliphatic carbocycles. The standard InChI is InChI=1S/C24H22ClN5O7S/c25-18-6-3-16(4-7-18)22(32)27-12-11-15-1-8-19(9-2-15)38(35,36)30-23(33)17-5-10-21(28-14-17)37-24(34)29-20(31)13-26/h1-10,14H,11-13,26H2,(H,27,32)(H,30,33)(H,29,31,34). The number of ether oxygens (including phenoxy) is 1. The highest BCUT2D eigenvalue weighted by molar-refractivity contribution is 7.90. The fraction of sp³-hybridized carbons (Fsp3) is 0.125. The molecule has 0 saturated heterocycles. The number of benzene rings is 2. The Morgan fingerprint density at radius 3 is 2.16 bits per heavy atom. The van der Waals surface area contributed by atoms with Crippen LogP contribution in [0.1, 0.15) is 26.3 Å². The number of nitrogens with two attached hydrogens (primary N) is 1. The number of hydrogen-bond donors (Lipinski definition) is 4. The maximum atomic E-state index is 12.6. The Kier molecular flexibility index (Phi) is 9.49. The van der Waals surface area contributed by atoms with E-state index in [0.29, 0.717) is 23.6 Å². The lowest BCUT2D eigenvalue weighted by Crippen LogP contribution is -2.37. The molecule has 0 unspecified atom stereocenters. The predicted octanol–water partition coefficient (Wildman–Crippen LogP) is 1.40. The van der Waals surface area contributed by atoms with Gasteiger partial charge in [-0.3, -0.25) is 19.7 Å². The first-order valence-electron chi connectivity index (χ1n) is 10.9. The first-order valence-corrected chi connectivity index (χ1v) is 12.8. The monoisotopic (exact) mass is 559 g/mol. The average molecular weight is 560 g/mol. The van der Waals surface area contributed by atoms with Gasteiger partial charge >= 0.3 is 6.09 Å². The third kappa shape index (κ3) is 8.09. The predicted molar refractivity (Wildman–Crippen MR) is 136 cm³/mol. The number of nitrogens with zero attached hydrogens (tertiary/aromatic N) is 1. The summed E-state index contributed by atoms with van der Waals surface area (Å²) in [4.78, 5) is 50.7. The normalized spacial score (nSPS) is 10.8. The van der Waals surface area contributed by atoms with E-state index in [0.717, 1.165) is 17.8 Å². The van der Waals surface area contributed by atoms with Gasteiger partial charge < -0.3 is 15.8 Å². The second kappa shape index (κ2) is 12.8. The van der Waals surface area contributed by atoms with Crippen LogP contribution in [0.3, 0.4) is 0 Å². The molecular weight excluding hydrogens is 538 g/mol. The Morgan fingerprint density at radius 1 is 0.895 bits per heavy atom. The number of carbonyl (C=O) groups excluding carboxylic acids is 4. The summed E-state index contributed by atoms with van der Waals surface area (Å²) >= 11 is 5.81. The number of carbonyl (C=O) groups is 4. The molecule has 2 aromatic carbocycles. The summed E-state index contributed by atoms with van der Waals surface area (Å²) in [7, 11) is -4.20. The lowest BCUT2D eigenvalue weighted by Gasteiger charge is -2.09. The highest BCUT2D eigenvalue weighted by Crippen LogP contribution is 2.14. The highest BCUT2D eigenvalue weighted by atomic mass is 35.5. The number of hydrogen-bond acceptors (Lipinski definition) is 9. The molecule has 5 N–H and O–H groups in total. The number of amides is 4. The van der Waals surface area contributed by atoms with Crippen molar-refractivity contribution < 1.29 is 32.3 Å². The molecule has 14 heteroatoms. The molecule has 12 nitrogen and oxygen atoms in total. The van der Waals surface area contributed by atoms with Crippen LogP contribution in [0.25, 0.3) is 0 Å². The van der Waals surface area contributed by atoms with Gasteiger partial charge in [0.2, 0.25) is 11.8 Å². The Bertz CT molecular complexity index is 1430. The number of pyridine rings is 1. The van der Waals surface area contributed by atoms with E-state index >= 15 is 0 Å². The van der Waals surface area contributed by atoms with Crippen LogP contribution in [-0.4, -0.2) is 50.3 Å². The van der Waals surface area contributed by atoms with Gasteiger partial charge in [0.15, 0.2) is 0 Å². The van der Waals surface area contributed by atoms with Crippen LogP contribution >= 0.6 is 11.6 Å². The Morgan fingerprint density at radius 2 is 1.55 bits per heavy atom. The van der Waals surface area contributed by atoms with E-state index in [-0.39, 0.29) is 22.2 Å². The number of nitrogens with one attached hydrogen (secondary N) is 3. The van der Waals surface area contributed by atoms with Crippen molar-refractivity contribution >= 4 is 45.4 Å². The third-order valence-electron chi connectivity index (χ3n) is 4.89. The molecular formula is C24H22ClN5O7S. The molecule has 4 amide bonds. The summed E-state index contributed by atoms with van der Waals surface area (Å²) in [5.41, 5.74) is 6.19. The van der Waals surface area contributed by atoms with E-state index in [1.165, 1.54) is 18.2 Å². The number of halogens is 1. The molecule has 38 heavy (non-hydrogen) atoms. The van der Waals surface area contributed by atoms with Crippen LogP contribution in [-0.2, 0) is 21.2 Å². The van der Waals surface area contributed by atoms with Gasteiger partial charge in [0, 0.05) is 29.4 Å². The summed E-state index contributed by atoms with van der Waals surface area (Å²) in [5.74, 6) is -2.21. The van der Waals surface area contributed by atoms with E-state index in [9.17, 15) is 27.6 Å². The summed E-state index contributed by atoms with van der Waals surface area (Å²) in [6.07, 6.45) is 0.338. The van der Waals surface area contributed by atoms with E-state index in [1.807, 2.05) is 10.0 Å². The van der Waals surface area contributed by atoms with E-state index in [1.54, 1.807) is 36.4 Å². The van der Waals surface area contributed by atoms with Crippen LogP contribution in [0.15, 0.2) is 71.8 Å². The minimum absolute atomic E-state index is 0.118. The van der Waals surface area contributed by atoms with Crippen molar-refractivity contribution in [3.05, 3.63) is 88.6 Å². The molecule has 0 aliphatic rings. The van der Waals surface area contributed by atoms with Gasteiger partial charge in [-0.15, -0.1) is 0 Å². The zero-order chi connectivity index (χ0) is 27.7. The number of rotatable bonds is 9. The summed E-state index contributed by atoms with van der Waals surface area (Å²) < 4.78 is 31.9. The first-order chi connectivity index (χ1) is 18.1. The van der Waals surface area contributed by atoms with E-state index < -0.39 is 34.5 Å². The zero-order valence-electron chi connectivity index (χ0n) is 19.6. The van der Waals surface area contributed by atoms with Gasteiger partial charge in [-0.05, 0) is 54.4 Å². The van der Waals surface area contributed by atoms with Crippen LogP contribution in [0.2, 0.25) is 5.02 Å². The molecule has 1 aromatic heterocycles. The largest absolute Gasteiger partial charge is 0.420 e. The van der Waals surface area contributed by atoms with Crippen LogP contribution in [0, 0.1) is 0 Å². The number of sulfonamides is 1. The molecule has 0 spiro atoms. The van der Waals surface area contributed by atoms with E-state index in [4.69, 9.17) is 22.1 Å². The fourth-order valence-corrected chi connectivity index (χ4v) is 4.06. The maximum absolute atomic E-state index is 12.6. The highest BCUT2D eigenvalue weighted by Gasteiger charge is 2.19. The third-order valence-corrected chi connectivity index (χ3v) is 6.49. The smallest absolute Gasteiger partial charge is 0.391 e. The van der Waals surface area contributed by atoms with Crippen molar-refractivity contribution in [1.29, 1.82) is 0 Å². The molecule has 3 rings (SSSR count). The molecule has 0 radical (unpaired) electrons. The number of aromatic nitrogens is 1. The van der Waals surface area contributed by atoms with E-state index in [2.05, 4.69) is 10.3 Å². The van der Waals surface area contributed by atoms with Crippen LogP contribution in [0.5, 0.6) is 5.88 Å². The summed E-state index contributed by atoms with van der Waals surface area (Å²) in [5, 5.41) is 5.14. The Hall–Kier alpha value is -4.33. The first kappa shape index (κ1) is 28.2. The quantitative estimate of drug-likeness (QED) is 0.300. The molecule has 1 heterocycles. The minimum atomic E-state index is -4.20. The van der Waals surface area contributed by atoms with Crippen molar-refractivity contribution in [3.8, 4) is 5.88 Å². The Labute approximate surface area is 222 Å². The summed E-state index contributed by atoms with van der Waals surface area (Å²) in [6, 6.07) is 14.6. The van der Waals surface area contributed by atoms with Gasteiger partial charge in [0.05, 0.1) is 17.0 Å². The van der Waals surface area contributed by atoms with Crippen molar-refractivity contribution in [3.63, 3.8) is 0 Å². The summed E-state index contributed by atoms with van der Waals surface area (Å²) in [6.45, 7) is -0.0931. The van der Waals surface area contributed by atoms with Gasteiger partial charge in [-0.1, -0.05) is 23.7 Å². The fourth-order valence-electron chi connectivity index (χ4n) is 2.96. The number of imide groups is 1.